The quantitative estimate of drug-likeness (QED) is 0.183. The summed E-state index contributed by atoms with van der Waals surface area (Å²) in [4.78, 5) is 32.9. The third kappa shape index (κ3) is 5.54. The molecule has 1 atom stereocenters. The van der Waals surface area contributed by atoms with Crippen LogP contribution in [0, 0.1) is 6.92 Å². The highest BCUT2D eigenvalue weighted by molar-refractivity contribution is 7.89. The number of carbonyl (C=O) groups is 2. The molecule has 0 aliphatic carbocycles. The molecule has 5 aromatic rings. The molecular weight excluding hydrogens is 606 g/mol. The molecule has 11 heteroatoms. The number of rotatable bonds is 8. The van der Waals surface area contributed by atoms with Gasteiger partial charge in [0.2, 0.25) is 15.9 Å². The van der Waals surface area contributed by atoms with Crippen LogP contribution in [-0.2, 0) is 26.2 Å². The number of methoxy groups -OCH3 is 1. The van der Waals surface area contributed by atoms with Crippen LogP contribution < -0.4 is 9.64 Å². The lowest BCUT2D eigenvalue weighted by molar-refractivity contribution is -0.122. The highest BCUT2D eigenvalue weighted by Crippen LogP contribution is 2.35. The van der Waals surface area contributed by atoms with Crippen LogP contribution in [0.3, 0.4) is 0 Å². The predicted octanol–water partition coefficient (Wildman–Crippen LogP) is 6.46. The maximum absolute atomic E-state index is 14.0. The Morgan fingerprint density at radius 2 is 1.72 bits per heavy atom. The number of hydrogen-bond donors (Lipinski definition) is 0. The first kappa shape index (κ1) is 29.0. The largest absolute Gasteiger partial charge is 0.497 e. The fourth-order valence-corrected chi connectivity index (χ4v) is 7.89. The zero-order chi connectivity index (χ0) is 30.3. The Balaban J connectivity index is 1.32. The maximum atomic E-state index is 14.0. The van der Waals surface area contributed by atoms with Crippen LogP contribution in [-0.4, -0.2) is 42.7 Å². The maximum Gasteiger partial charge on any atom is 0.252 e. The molecule has 0 bridgehead atoms. The lowest BCUT2D eigenvalue weighted by atomic mass is 10.2. The molecule has 1 aliphatic rings. The first-order valence-electron chi connectivity index (χ1n) is 13.4. The number of hydrogen-bond acceptors (Lipinski definition) is 7. The van der Waals surface area contributed by atoms with E-state index in [9.17, 15) is 18.0 Å². The van der Waals surface area contributed by atoms with Crippen molar-refractivity contribution >= 4 is 60.7 Å². The van der Waals surface area contributed by atoms with E-state index in [1.807, 2.05) is 31.2 Å². The number of fused-ring (bicyclic) bond motifs is 1. The Hall–Kier alpha value is -4.09. The average molecular weight is 632 g/mol. The van der Waals surface area contributed by atoms with Crippen LogP contribution in [0.1, 0.15) is 17.5 Å². The van der Waals surface area contributed by atoms with Crippen molar-refractivity contribution in [2.75, 3.05) is 12.0 Å². The summed E-state index contributed by atoms with van der Waals surface area (Å²) in [7, 11) is -2.75. The number of nitrogens with zero attached hydrogens (tertiary/aromatic N) is 3. The summed E-state index contributed by atoms with van der Waals surface area (Å²) in [6, 6.07) is 24.5. The van der Waals surface area contributed by atoms with E-state index in [2.05, 4.69) is 6.07 Å². The van der Waals surface area contributed by atoms with Crippen LogP contribution in [0.5, 0.6) is 5.75 Å². The number of anilines is 1. The van der Waals surface area contributed by atoms with Gasteiger partial charge in [0.1, 0.15) is 16.8 Å². The van der Waals surface area contributed by atoms with Crippen LogP contribution in [0.15, 0.2) is 95.9 Å². The van der Waals surface area contributed by atoms with E-state index in [1.165, 1.54) is 31.4 Å². The van der Waals surface area contributed by atoms with Gasteiger partial charge in [-0.15, -0.1) is 11.3 Å². The lowest BCUT2D eigenvalue weighted by Gasteiger charge is -2.27. The van der Waals surface area contributed by atoms with E-state index in [4.69, 9.17) is 21.3 Å². The van der Waals surface area contributed by atoms with Crippen LogP contribution in [0.2, 0.25) is 5.02 Å². The van der Waals surface area contributed by atoms with Gasteiger partial charge in [-0.2, -0.15) is 4.31 Å². The summed E-state index contributed by atoms with van der Waals surface area (Å²) in [6.45, 7) is 1.84. The van der Waals surface area contributed by atoms with Crippen molar-refractivity contribution in [3.8, 4) is 16.3 Å². The van der Waals surface area contributed by atoms with Gasteiger partial charge in [-0.1, -0.05) is 35.9 Å². The summed E-state index contributed by atoms with van der Waals surface area (Å²) in [5, 5.41) is 1.17. The first-order valence-corrected chi connectivity index (χ1v) is 16.0. The standard InChI is InChI=1S/C32H26ClN3O5S2/c1-20-7-16-27-29(17-20)42-31(34-27)21-8-10-23(11-9-21)36-30(37)18-28(32(36)38)35(19-22-5-3-4-6-26(22)33)43(39,40)25-14-12-24(41-2)13-15-25/h3-17,28H,18-19H2,1-2H3. The van der Waals surface area contributed by atoms with E-state index in [-0.39, 0.29) is 17.9 Å². The molecule has 1 saturated heterocycles. The molecule has 1 aliphatic heterocycles. The fraction of sp³-hybridized carbons (Fsp3) is 0.156. The van der Waals surface area contributed by atoms with Gasteiger partial charge < -0.3 is 4.74 Å². The molecule has 0 N–H and O–H groups in total. The van der Waals surface area contributed by atoms with Gasteiger partial charge in [-0.25, -0.2) is 18.3 Å². The van der Waals surface area contributed by atoms with E-state index in [0.29, 0.717) is 22.0 Å². The molecular formula is C32H26ClN3O5S2. The summed E-state index contributed by atoms with van der Waals surface area (Å²) in [6.07, 6.45) is -0.308. The van der Waals surface area contributed by atoms with E-state index in [0.717, 1.165) is 35.6 Å². The highest BCUT2D eigenvalue weighted by Gasteiger charge is 2.47. The molecule has 4 aromatic carbocycles. The molecule has 1 unspecified atom stereocenters. The van der Waals surface area contributed by atoms with Crippen molar-refractivity contribution in [1.82, 2.24) is 9.29 Å². The minimum atomic E-state index is -4.23. The van der Waals surface area contributed by atoms with E-state index < -0.39 is 27.9 Å². The summed E-state index contributed by atoms with van der Waals surface area (Å²) < 4.78 is 35.3. The molecule has 1 aromatic heterocycles. The topological polar surface area (TPSA) is 96.9 Å². The number of imide groups is 1. The van der Waals surface area contributed by atoms with Crippen molar-refractivity contribution in [3.05, 3.63) is 107 Å². The molecule has 218 valence electrons. The Kier molecular flexibility index (Phi) is 7.78. The number of thiazole rings is 1. The number of carbonyl (C=O) groups excluding carboxylic acids is 2. The second-order valence-corrected chi connectivity index (χ2v) is 13.5. The zero-order valence-corrected chi connectivity index (χ0v) is 25.6. The van der Waals surface area contributed by atoms with E-state index >= 15 is 0 Å². The zero-order valence-electron chi connectivity index (χ0n) is 23.2. The van der Waals surface area contributed by atoms with Gasteiger partial charge >= 0.3 is 0 Å². The van der Waals surface area contributed by atoms with Crippen molar-refractivity contribution in [2.45, 2.75) is 30.8 Å². The van der Waals surface area contributed by atoms with Crippen LogP contribution >= 0.6 is 22.9 Å². The summed E-state index contributed by atoms with van der Waals surface area (Å²) >= 11 is 7.96. The van der Waals surface area contributed by atoms with Gasteiger partial charge in [0.25, 0.3) is 5.91 Å². The third-order valence-electron chi connectivity index (χ3n) is 7.34. The highest BCUT2D eigenvalue weighted by atomic mass is 35.5. The molecule has 2 amide bonds. The van der Waals surface area contributed by atoms with Crippen molar-refractivity contribution < 1.29 is 22.7 Å². The molecule has 0 radical (unpaired) electrons. The number of sulfonamides is 1. The minimum absolute atomic E-state index is 0.0329. The third-order valence-corrected chi connectivity index (χ3v) is 10.6. The summed E-state index contributed by atoms with van der Waals surface area (Å²) in [5.41, 5.74) is 3.77. The first-order chi connectivity index (χ1) is 20.7. The Morgan fingerprint density at radius 3 is 2.42 bits per heavy atom. The number of amides is 2. The smallest absolute Gasteiger partial charge is 0.252 e. The molecule has 0 saturated carbocycles. The van der Waals surface area contributed by atoms with Gasteiger partial charge in [0.15, 0.2) is 0 Å². The molecule has 6 rings (SSSR count). The SMILES string of the molecule is COc1ccc(S(=O)(=O)N(Cc2ccccc2Cl)C2CC(=O)N(c3ccc(-c4nc5ccc(C)cc5s4)cc3)C2=O)cc1. The Labute approximate surface area is 258 Å². The number of ether oxygens (including phenoxy) is 1. The van der Waals surface area contributed by atoms with Gasteiger partial charge in [0.05, 0.1) is 34.3 Å². The number of benzene rings is 4. The van der Waals surface area contributed by atoms with Gasteiger partial charge in [0, 0.05) is 17.1 Å². The minimum Gasteiger partial charge on any atom is -0.497 e. The monoisotopic (exact) mass is 631 g/mol. The Bertz CT molecular complexity index is 1960. The van der Waals surface area contributed by atoms with Crippen LogP contribution in [0.4, 0.5) is 5.69 Å². The van der Waals surface area contributed by atoms with Crippen molar-refractivity contribution in [2.24, 2.45) is 0 Å². The number of aromatic nitrogens is 1. The second-order valence-electron chi connectivity index (χ2n) is 10.1. The fourth-order valence-electron chi connectivity index (χ4n) is 5.06. The molecule has 0 spiro atoms. The van der Waals surface area contributed by atoms with Crippen molar-refractivity contribution in [3.63, 3.8) is 0 Å². The lowest BCUT2D eigenvalue weighted by Crippen LogP contribution is -2.45. The molecule has 8 nitrogen and oxygen atoms in total. The molecule has 2 heterocycles. The molecule has 43 heavy (non-hydrogen) atoms. The number of halogens is 1. The number of aryl methyl sites for hydroxylation is 1. The average Bonchev–Trinajstić information content (AvgIpc) is 3.56. The van der Waals surface area contributed by atoms with Crippen LogP contribution in [0.25, 0.3) is 20.8 Å². The van der Waals surface area contributed by atoms with Gasteiger partial charge in [-0.05, 0) is 84.8 Å². The predicted molar refractivity (Wildman–Crippen MR) is 168 cm³/mol. The second kappa shape index (κ2) is 11.5. The normalized spacial score (nSPS) is 15.5. The Morgan fingerprint density at radius 1 is 1.00 bits per heavy atom. The van der Waals surface area contributed by atoms with Crippen molar-refractivity contribution in [1.29, 1.82) is 0 Å². The van der Waals surface area contributed by atoms with Gasteiger partial charge in [-0.3, -0.25) is 9.59 Å². The van der Waals surface area contributed by atoms with E-state index in [1.54, 1.807) is 47.7 Å². The summed E-state index contributed by atoms with van der Waals surface area (Å²) in [5.74, 6) is -0.635. The molecule has 1 fully saturated rings.